The van der Waals surface area contributed by atoms with E-state index in [-0.39, 0.29) is 11.6 Å². The molecule has 4 rings (SSSR count). The molecule has 0 radical (unpaired) electrons. The van der Waals surface area contributed by atoms with E-state index in [1.807, 2.05) is 24.3 Å². The van der Waals surface area contributed by atoms with Crippen molar-refractivity contribution in [3.05, 3.63) is 48.5 Å². The van der Waals surface area contributed by atoms with Crippen molar-refractivity contribution in [3.63, 3.8) is 0 Å². The number of amides is 1. The Morgan fingerprint density at radius 3 is 2.42 bits per heavy atom. The Morgan fingerprint density at radius 1 is 0.958 bits per heavy atom. The second-order valence-electron chi connectivity index (χ2n) is 5.66. The summed E-state index contributed by atoms with van der Waals surface area (Å²) in [7, 11) is 0. The molecular weight excluding hydrogens is 304 g/mol. The Hall–Kier alpha value is -3.09. The number of rotatable bonds is 3. The van der Waals surface area contributed by atoms with Crippen LogP contribution in [0.3, 0.4) is 0 Å². The van der Waals surface area contributed by atoms with E-state index >= 15 is 0 Å². The Bertz CT molecular complexity index is 874. The van der Waals surface area contributed by atoms with Crippen LogP contribution in [0.25, 0.3) is 11.0 Å². The van der Waals surface area contributed by atoms with Crippen LogP contribution in [0.15, 0.2) is 42.9 Å². The van der Waals surface area contributed by atoms with Gasteiger partial charge in [0.25, 0.3) is 5.91 Å². The highest BCUT2D eigenvalue weighted by Gasteiger charge is 2.15. The number of aromatic nitrogens is 4. The summed E-state index contributed by atoms with van der Waals surface area (Å²) in [6.45, 7) is 1.97. The highest BCUT2D eigenvalue weighted by Crippen LogP contribution is 2.16. The van der Waals surface area contributed by atoms with Crippen LogP contribution in [0.2, 0.25) is 0 Å². The molecule has 24 heavy (non-hydrogen) atoms. The minimum atomic E-state index is -0.328. The number of hydrogen-bond acceptors (Lipinski definition) is 6. The molecule has 0 spiro atoms. The Labute approximate surface area is 138 Å². The minimum absolute atomic E-state index is 0.261. The molecule has 0 aliphatic carbocycles. The number of carbonyl (C=O) groups is 1. The molecule has 1 N–H and O–H groups in total. The zero-order chi connectivity index (χ0) is 16.4. The van der Waals surface area contributed by atoms with Gasteiger partial charge >= 0.3 is 0 Å². The Balaban J connectivity index is 1.50. The van der Waals surface area contributed by atoms with E-state index in [0.717, 1.165) is 18.6 Å². The molecule has 2 aromatic heterocycles. The molecule has 1 amide bonds. The fourth-order valence-corrected chi connectivity index (χ4v) is 2.73. The largest absolute Gasteiger partial charge is 0.341 e. The molecule has 7 nitrogen and oxygen atoms in total. The molecule has 1 aliphatic rings. The normalized spacial score (nSPS) is 14.1. The van der Waals surface area contributed by atoms with Crippen LogP contribution >= 0.6 is 0 Å². The topological polar surface area (TPSA) is 83.9 Å². The molecule has 3 aromatic rings. The van der Waals surface area contributed by atoms with Gasteiger partial charge in [0.2, 0.25) is 5.95 Å². The predicted molar refractivity (Wildman–Crippen MR) is 91.0 cm³/mol. The van der Waals surface area contributed by atoms with Gasteiger partial charge in [0.1, 0.15) is 5.69 Å². The van der Waals surface area contributed by atoms with Crippen LogP contribution in [0, 0.1) is 0 Å². The van der Waals surface area contributed by atoms with E-state index in [1.165, 1.54) is 19.0 Å². The number of nitrogens with one attached hydrogen (secondary N) is 1. The van der Waals surface area contributed by atoms with Crippen molar-refractivity contribution in [2.45, 2.75) is 12.8 Å². The van der Waals surface area contributed by atoms with Gasteiger partial charge in [-0.25, -0.2) is 15.0 Å². The van der Waals surface area contributed by atoms with Crippen LogP contribution in [-0.2, 0) is 0 Å². The maximum atomic E-state index is 12.3. The van der Waals surface area contributed by atoms with Gasteiger partial charge in [0, 0.05) is 13.1 Å². The number of benzene rings is 1. The first kappa shape index (κ1) is 14.5. The summed E-state index contributed by atoms with van der Waals surface area (Å²) < 4.78 is 0. The van der Waals surface area contributed by atoms with Crippen molar-refractivity contribution >= 4 is 28.6 Å². The number of hydrogen-bond donors (Lipinski definition) is 1. The number of para-hydroxylation sites is 2. The van der Waals surface area contributed by atoms with Crippen molar-refractivity contribution in [1.82, 2.24) is 19.9 Å². The predicted octanol–water partition coefficient (Wildman–Crippen LogP) is 2.27. The van der Waals surface area contributed by atoms with Crippen molar-refractivity contribution in [3.8, 4) is 0 Å². The molecule has 0 bridgehead atoms. The molecule has 7 heteroatoms. The minimum Gasteiger partial charge on any atom is -0.341 e. The van der Waals surface area contributed by atoms with Gasteiger partial charge in [0.15, 0.2) is 0 Å². The van der Waals surface area contributed by atoms with Crippen LogP contribution in [-0.4, -0.2) is 38.9 Å². The van der Waals surface area contributed by atoms with E-state index in [0.29, 0.717) is 17.2 Å². The van der Waals surface area contributed by atoms with E-state index in [2.05, 4.69) is 30.2 Å². The monoisotopic (exact) mass is 320 g/mol. The summed E-state index contributed by atoms with van der Waals surface area (Å²) in [5.41, 5.74) is 2.24. The van der Waals surface area contributed by atoms with Gasteiger partial charge < -0.3 is 10.2 Å². The van der Waals surface area contributed by atoms with Crippen molar-refractivity contribution in [1.29, 1.82) is 0 Å². The van der Waals surface area contributed by atoms with Crippen LogP contribution in [0.5, 0.6) is 0 Å². The first-order valence-electron chi connectivity index (χ1n) is 7.90. The zero-order valence-corrected chi connectivity index (χ0v) is 13.0. The summed E-state index contributed by atoms with van der Waals surface area (Å²) in [4.78, 5) is 31.7. The van der Waals surface area contributed by atoms with Gasteiger partial charge in [-0.15, -0.1) is 0 Å². The molecule has 0 unspecified atom stereocenters. The van der Waals surface area contributed by atoms with Gasteiger partial charge in [-0.2, -0.15) is 0 Å². The molecule has 1 aromatic carbocycles. The number of anilines is 2. The van der Waals surface area contributed by atoms with Gasteiger partial charge in [-0.1, -0.05) is 12.1 Å². The maximum Gasteiger partial charge on any atom is 0.275 e. The summed E-state index contributed by atoms with van der Waals surface area (Å²) >= 11 is 0. The SMILES string of the molecule is O=C(Nc1cnc(N2CCCC2)nc1)c1cnc2ccccc2n1. The van der Waals surface area contributed by atoms with Crippen molar-refractivity contribution in [2.24, 2.45) is 0 Å². The maximum absolute atomic E-state index is 12.3. The van der Waals surface area contributed by atoms with E-state index in [9.17, 15) is 4.79 Å². The fraction of sp³-hybridized carbons (Fsp3) is 0.235. The van der Waals surface area contributed by atoms with E-state index in [1.54, 1.807) is 12.4 Å². The molecule has 1 aliphatic heterocycles. The second-order valence-corrected chi connectivity index (χ2v) is 5.66. The van der Waals surface area contributed by atoms with Gasteiger partial charge in [0.05, 0.1) is 35.3 Å². The molecule has 1 fully saturated rings. The lowest BCUT2D eigenvalue weighted by atomic mass is 10.3. The zero-order valence-electron chi connectivity index (χ0n) is 13.0. The quantitative estimate of drug-likeness (QED) is 0.797. The highest BCUT2D eigenvalue weighted by molar-refractivity contribution is 6.03. The molecule has 0 saturated carbocycles. The molecule has 120 valence electrons. The summed E-state index contributed by atoms with van der Waals surface area (Å²) in [5, 5.41) is 2.76. The fourth-order valence-electron chi connectivity index (χ4n) is 2.73. The first-order valence-corrected chi connectivity index (χ1v) is 7.90. The van der Waals surface area contributed by atoms with Crippen LogP contribution in [0.1, 0.15) is 23.3 Å². The highest BCUT2D eigenvalue weighted by atomic mass is 16.1. The summed E-state index contributed by atoms with van der Waals surface area (Å²) in [5.74, 6) is 0.377. The molecule has 1 saturated heterocycles. The lowest BCUT2D eigenvalue weighted by Crippen LogP contribution is -2.20. The lowest BCUT2D eigenvalue weighted by Gasteiger charge is -2.14. The van der Waals surface area contributed by atoms with Gasteiger partial charge in [-0.05, 0) is 25.0 Å². The molecule has 3 heterocycles. The average molecular weight is 320 g/mol. The number of fused-ring (bicyclic) bond motifs is 1. The number of nitrogens with zero attached hydrogens (tertiary/aromatic N) is 5. The summed E-state index contributed by atoms with van der Waals surface area (Å²) in [6, 6.07) is 7.43. The third kappa shape index (κ3) is 2.88. The smallest absolute Gasteiger partial charge is 0.275 e. The average Bonchev–Trinajstić information content (AvgIpc) is 3.16. The summed E-state index contributed by atoms with van der Waals surface area (Å²) in [6.07, 6.45) is 7.04. The Kier molecular flexibility index (Phi) is 3.74. The van der Waals surface area contributed by atoms with Crippen molar-refractivity contribution < 1.29 is 4.79 Å². The standard InChI is InChI=1S/C17H16N6O/c24-16(15-11-18-13-5-1-2-6-14(13)22-15)21-12-9-19-17(20-10-12)23-7-3-4-8-23/h1-2,5-6,9-11H,3-4,7-8H2,(H,21,24). The number of carbonyl (C=O) groups excluding carboxylic acids is 1. The Morgan fingerprint density at radius 2 is 1.67 bits per heavy atom. The second kappa shape index (κ2) is 6.19. The van der Waals surface area contributed by atoms with E-state index in [4.69, 9.17) is 0 Å². The van der Waals surface area contributed by atoms with Crippen LogP contribution in [0.4, 0.5) is 11.6 Å². The molecule has 0 atom stereocenters. The third-order valence-corrected chi connectivity index (χ3v) is 3.97. The van der Waals surface area contributed by atoms with Gasteiger partial charge in [-0.3, -0.25) is 9.78 Å². The van der Waals surface area contributed by atoms with E-state index < -0.39 is 0 Å². The van der Waals surface area contributed by atoms with Crippen molar-refractivity contribution in [2.75, 3.05) is 23.3 Å². The third-order valence-electron chi connectivity index (χ3n) is 3.97. The lowest BCUT2D eigenvalue weighted by molar-refractivity contribution is 0.102. The first-order chi connectivity index (χ1) is 11.8. The molecular formula is C17H16N6O. The van der Waals surface area contributed by atoms with Crippen LogP contribution < -0.4 is 10.2 Å².